The molecule has 0 radical (unpaired) electrons. The van der Waals surface area contributed by atoms with Gasteiger partial charge in [0.15, 0.2) is 5.78 Å². The molecule has 13 heteroatoms. The highest BCUT2D eigenvalue weighted by Gasteiger charge is 2.38. The van der Waals surface area contributed by atoms with Crippen LogP contribution in [0.5, 0.6) is 0 Å². The zero-order chi connectivity index (χ0) is 40.8. The molecule has 3 saturated heterocycles. The highest BCUT2D eigenvalue weighted by molar-refractivity contribution is 6.02. The highest BCUT2D eigenvalue weighted by Crippen LogP contribution is 2.34. The Morgan fingerprint density at radius 2 is 1.63 bits per heavy atom. The summed E-state index contributed by atoms with van der Waals surface area (Å²) >= 11 is 0. The summed E-state index contributed by atoms with van der Waals surface area (Å²) in [5, 5.41) is 3.59. The number of piperidine rings is 2. The molecule has 2 amide bonds. The van der Waals surface area contributed by atoms with Crippen LogP contribution in [0.1, 0.15) is 114 Å². The van der Waals surface area contributed by atoms with Gasteiger partial charge in [0.2, 0.25) is 5.91 Å². The van der Waals surface area contributed by atoms with E-state index in [-0.39, 0.29) is 34.8 Å². The molecule has 1 aromatic carbocycles. The number of aromatic nitrogens is 4. The van der Waals surface area contributed by atoms with Gasteiger partial charge in [-0.15, -0.1) is 0 Å². The van der Waals surface area contributed by atoms with E-state index in [1.54, 1.807) is 15.7 Å². The molecule has 59 heavy (non-hydrogen) atoms. The minimum absolute atomic E-state index is 0.0516. The molecule has 9 rings (SSSR count). The van der Waals surface area contributed by atoms with Crippen LogP contribution in [0.2, 0.25) is 0 Å². The average molecular weight is 798 g/mol. The fraction of sp³-hybridized carbons (Fsp3) is 0.500. The standard InChI is InChI=1S/C46H55N9O4/c1-29-8-13-40(44(57)49-29)54-28-33-24-36(11-12-38(33)45(54)58)53-22-20-51(21-23-53)17-14-32-15-18-52(19-16-32)37-10-9-34(47-26-37)25-41-48-27-39-30(2)42(31(3)56)46(59)55(43(39)50-41)35-6-4-5-7-35/h9-12,24,26-27,32,35,40H,1,4-8,13-23,25,28H2,2-3H3,(H,49,57). The van der Waals surface area contributed by atoms with Crippen molar-refractivity contribution in [3.63, 3.8) is 0 Å². The summed E-state index contributed by atoms with van der Waals surface area (Å²) in [4.78, 5) is 75.5. The van der Waals surface area contributed by atoms with Crippen LogP contribution in [0.15, 0.2) is 59.8 Å². The average Bonchev–Trinajstić information content (AvgIpc) is 3.88. The van der Waals surface area contributed by atoms with E-state index in [0.29, 0.717) is 54.3 Å². The molecule has 4 fully saturated rings. The van der Waals surface area contributed by atoms with Crippen molar-refractivity contribution in [1.82, 2.24) is 34.6 Å². The lowest BCUT2D eigenvalue weighted by Gasteiger charge is -2.38. The SMILES string of the molecule is C=C1CCC(N2Cc3cc(N4CCN(CCC5CCN(c6ccc(Cc7ncc8c(C)c(C(C)=O)c(=O)n(C9CCCC9)c8n7)nc6)CC5)CC4)ccc3C2=O)C(=O)N1. The number of hydrogen-bond acceptors (Lipinski definition) is 10. The number of carbonyl (C=O) groups is 3. The quantitative estimate of drug-likeness (QED) is 0.203. The number of benzene rings is 1. The molecule has 4 aromatic rings. The molecule has 4 aliphatic heterocycles. The van der Waals surface area contributed by atoms with Crippen LogP contribution in [0, 0.1) is 12.8 Å². The van der Waals surface area contributed by atoms with E-state index in [0.717, 1.165) is 105 Å². The minimum atomic E-state index is -0.436. The summed E-state index contributed by atoms with van der Waals surface area (Å²) in [5.41, 5.74) is 6.92. The number of anilines is 2. The number of amides is 2. The summed E-state index contributed by atoms with van der Waals surface area (Å²) in [7, 11) is 0. The number of hydrogen-bond donors (Lipinski definition) is 1. The van der Waals surface area contributed by atoms with E-state index in [4.69, 9.17) is 9.97 Å². The minimum Gasteiger partial charge on any atom is -0.370 e. The number of pyridine rings is 2. The third-order valence-corrected chi connectivity index (χ3v) is 13.6. The summed E-state index contributed by atoms with van der Waals surface area (Å²) in [5.74, 6) is 0.931. The largest absolute Gasteiger partial charge is 0.370 e. The molecule has 1 atom stereocenters. The van der Waals surface area contributed by atoms with Crippen molar-refractivity contribution in [2.45, 2.75) is 96.7 Å². The number of nitrogens with zero attached hydrogens (tertiary/aromatic N) is 8. The molecule has 13 nitrogen and oxygen atoms in total. The topological polar surface area (TPSA) is 137 Å². The van der Waals surface area contributed by atoms with Crippen molar-refractivity contribution in [3.8, 4) is 0 Å². The van der Waals surface area contributed by atoms with Crippen molar-refractivity contribution >= 4 is 40.0 Å². The third kappa shape index (κ3) is 7.77. The number of allylic oxidation sites excluding steroid dienone is 1. The van der Waals surface area contributed by atoms with Crippen molar-refractivity contribution in [3.05, 3.63) is 99.1 Å². The van der Waals surface area contributed by atoms with Crippen LogP contribution in [0.4, 0.5) is 11.4 Å². The first-order valence-electron chi connectivity index (χ1n) is 21.6. The zero-order valence-electron chi connectivity index (χ0n) is 34.4. The normalized spacial score (nSPS) is 20.8. The number of ketones is 1. The van der Waals surface area contributed by atoms with E-state index < -0.39 is 6.04 Å². The smallest absolute Gasteiger partial charge is 0.263 e. The Bertz CT molecular complexity index is 2350. The number of rotatable bonds is 10. The first-order chi connectivity index (χ1) is 28.6. The predicted octanol–water partition coefficient (Wildman–Crippen LogP) is 5.58. The first-order valence-corrected chi connectivity index (χ1v) is 21.6. The fourth-order valence-corrected chi connectivity index (χ4v) is 10.2. The molecular formula is C46H55N9O4. The Kier molecular flexibility index (Phi) is 10.8. The van der Waals surface area contributed by atoms with E-state index in [9.17, 15) is 19.2 Å². The molecule has 3 aromatic heterocycles. The Labute approximate surface area is 345 Å². The third-order valence-electron chi connectivity index (χ3n) is 13.6. The number of piperazine rings is 1. The second-order valence-corrected chi connectivity index (χ2v) is 17.3. The molecule has 1 saturated carbocycles. The molecule has 0 spiro atoms. The van der Waals surface area contributed by atoms with Gasteiger partial charge in [-0.1, -0.05) is 19.4 Å². The Morgan fingerprint density at radius 1 is 0.881 bits per heavy atom. The lowest BCUT2D eigenvalue weighted by atomic mass is 9.93. The van der Waals surface area contributed by atoms with Gasteiger partial charge >= 0.3 is 0 Å². The summed E-state index contributed by atoms with van der Waals surface area (Å²) in [6.07, 6.45) is 13.0. The number of carbonyl (C=O) groups excluding carboxylic acids is 3. The van der Waals surface area contributed by atoms with Gasteiger partial charge in [0.05, 0.1) is 23.9 Å². The molecule has 1 aliphatic carbocycles. The van der Waals surface area contributed by atoms with Crippen molar-refractivity contribution in [1.29, 1.82) is 0 Å². The lowest BCUT2D eigenvalue weighted by molar-refractivity contribution is -0.126. The monoisotopic (exact) mass is 797 g/mol. The van der Waals surface area contributed by atoms with Crippen LogP contribution in [-0.2, 0) is 17.8 Å². The number of fused-ring (bicyclic) bond motifs is 2. The molecular weight excluding hydrogens is 743 g/mol. The van der Waals surface area contributed by atoms with E-state index >= 15 is 0 Å². The molecule has 7 heterocycles. The maximum atomic E-state index is 13.6. The maximum absolute atomic E-state index is 13.6. The molecule has 1 unspecified atom stereocenters. The molecule has 308 valence electrons. The van der Waals surface area contributed by atoms with Gasteiger partial charge in [-0.3, -0.25) is 33.6 Å². The molecule has 1 N–H and O–H groups in total. The van der Waals surface area contributed by atoms with E-state index in [2.05, 4.69) is 55.8 Å². The summed E-state index contributed by atoms with van der Waals surface area (Å²) in [6.45, 7) is 14.8. The van der Waals surface area contributed by atoms with Crippen molar-refractivity contribution < 1.29 is 14.4 Å². The Morgan fingerprint density at radius 3 is 2.34 bits per heavy atom. The van der Waals surface area contributed by atoms with Crippen LogP contribution in [0.25, 0.3) is 11.0 Å². The maximum Gasteiger partial charge on any atom is 0.263 e. The number of nitrogens with one attached hydrogen (secondary N) is 1. The van der Waals surface area contributed by atoms with Gasteiger partial charge in [-0.05, 0) is 113 Å². The Hall–Kier alpha value is -5.43. The van der Waals surface area contributed by atoms with E-state index in [1.807, 2.05) is 19.2 Å². The predicted molar refractivity (Wildman–Crippen MR) is 228 cm³/mol. The second kappa shape index (κ2) is 16.3. The fourth-order valence-electron chi connectivity index (χ4n) is 10.2. The summed E-state index contributed by atoms with van der Waals surface area (Å²) in [6, 6.07) is 10.0. The van der Waals surface area contributed by atoms with Gasteiger partial charge in [0.1, 0.15) is 17.5 Å². The van der Waals surface area contributed by atoms with Crippen LogP contribution < -0.4 is 20.7 Å². The highest BCUT2D eigenvalue weighted by atomic mass is 16.2. The van der Waals surface area contributed by atoms with Crippen LogP contribution in [0.3, 0.4) is 0 Å². The first kappa shape index (κ1) is 39.1. The van der Waals surface area contributed by atoms with Gasteiger partial charge < -0.3 is 20.0 Å². The lowest BCUT2D eigenvalue weighted by Crippen LogP contribution is -2.49. The van der Waals surface area contributed by atoms with Crippen LogP contribution in [-0.4, -0.2) is 98.8 Å². The molecule has 0 bridgehead atoms. The summed E-state index contributed by atoms with van der Waals surface area (Å²) < 4.78 is 1.77. The van der Waals surface area contributed by atoms with Crippen molar-refractivity contribution in [2.24, 2.45) is 5.92 Å². The van der Waals surface area contributed by atoms with Crippen LogP contribution >= 0.6 is 0 Å². The van der Waals surface area contributed by atoms with Gasteiger partial charge in [-0.25, -0.2) is 9.97 Å². The van der Waals surface area contributed by atoms with Gasteiger partial charge in [0.25, 0.3) is 11.5 Å². The Balaban J connectivity index is 0.746. The molecule has 5 aliphatic rings. The zero-order valence-corrected chi connectivity index (χ0v) is 34.4. The second-order valence-electron chi connectivity index (χ2n) is 17.3. The van der Waals surface area contributed by atoms with Crippen molar-refractivity contribution in [2.75, 3.05) is 55.6 Å². The number of Topliss-reactive ketones (excluding diaryl/α,β-unsaturated/α-hetero) is 1. The van der Waals surface area contributed by atoms with Gasteiger partial charge in [-0.2, -0.15) is 0 Å². The van der Waals surface area contributed by atoms with E-state index in [1.165, 1.54) is 26.2 Å². The number of aryl methyl sites for hydroxylation is 1. The van der Waals surface area contributed by atoms with Gasteiger partial charge in [0, 0.05) is 86.1 Å².